The molecule has 0 radical (unpaired) electrons. The number of alkyl halides is 2. The number of anilines is 1. The average Bonchev–Trinajstić information content (AvgIpc) is 3.09. The number of nitrogens with one attached hydrogen (secondary N) is 1. The minimum absolute atomic E-state index is 0.192. The van der Waals surface area contributed by atoms with Crippen LogP contribution in [0.4, 0.5) is 19.3 Å². The first-order valence-corrected chi connectivity index (χ1v) is 8.63. The molecule has 8 heteroatoms. The van der Waals surface area contributed by atoms with Crippen molar-refractivity contribution in [2.75, 3.05) is 31.6 Å². The van der Waals surface area contributed by atoms with E-state index in [0.29, 0.717) is 48.6 Å². The summed E-state index contributed by atoms with van der Waals surface area (Å²) in [5.41, 5.74) is 2.04. The molecule has 1 N–H and O–H groups in total. The predicted molar refractivity (Wildman–Crippen MR) is 97.8 cm³/mol. The fourth-order valence-corrected chi connectivity index (χ4v) is 3.12. The highest BCUT2D eigenvalue weighted by molar-refractivity contribution is 5.90. The lowest BCUT2D eigenvalue weighted by atomic mass is 10.2. The van der Waals surface area contributed by atoms with Crippen LogP contribution in [0.5, 0.6) is 0 Å². The molecule has 0 saturated carbocycles. The Balaban J connectivity index is 1.58. The second-order valence-corrected chi connectivity index (χ2v) is 6.18. The predicted octanol–water partition coefficient (Wildman–Crippen LogP) is 3.96. The summed E-state index contributed by atoms with van der Waals surface area (Å²) in [6, 6.07) is 13.3. The summed E-state index contributed by atoms with van der Waals surface area (Å²) >= 11 is 0. The van der Waals surface area contributed by atoms with Gasteiger partial charge in [-0.3, -0.25) is 4.57 Å². The van der Waals surface area contributed by atoms with Gasteiger partial charge in [-0.15, -0.1) is 0 Å². The van der Waals surface area contributed by atoms with Crippen LogP contribution in [0.2, 0.25) is 0 Å². The summed E-state index contributed by atoms with van der Waals surface area (Å²) in [6.45, 7) is -0.565. The number of aromatic nitrogens is 2. The van der Waals surface area contributed by atoms with E-state index in [0.717, 1.165) is 4.57 Å². The summed E-state index contributed by atoms with van der Waals surface area (Å²) < 4.78 is 33.3. The molecule has 0 atom stereocenters. The van der Waals surface area contributed by atoms with Gasteiger partial charge in [0.2, 0.25) is 0 Å². The monoisotopic (exact) mass is 372 g/mol. The molecule has 0 bridgehead atoms. The van der Waals surface area contributed by atoms with Crippen LogP contribution in [0, 0.1) is 0 Å². The minimum atomic E-state index is -2.70. The molecule has 1 aliphatic rings. The van der Waals surface area contributed by atoms with Crippen LogP contribution in [-0.4, -0.2) is 46.8 Å². The molecular formula is C19H18F2N4O2. The minimum Gasteiger partial charge on any atom is -0.378 e. The number of carbonyl (C=O) groups excluding carboxylic acids is 1. The van der Waals surface area contributed by atoms with Crippen molar-refractivity contribution in [2.45, 2.75) is 6.55 Å². The highest BCUT2D eigenvalue weighted by atomic mass is 19.3. The van der Waals surface area contributed by atoms with Crippen molar-refractivity contribution in [3.05, 3.63) is 48.5 Å². The molecule has 3 aromatic rings. The van der Waals surface area contributed by atoms with Crippen molar-refractivity contribution in [3.63, 3.8) is 0 Å². The summed E-state index contributed by atoms with van der Waals surface area (Å²) in [5, 5.41) is 2.81. The van der Waals surface area contributed by atoms with Crippen LogP contribution < -0.4 is 5.32 Å². The standard InChI is InChI=1S/C19H18F2N4O2/c20-18(21)25-16-4-2-1-3-15(16)23-17(25)13-5-7-14(8-6-13)22-19(26)24-9-11-27-12-10-24/h1-8,18H,9-12H2,(H,22,26). The van der Waals surface area contributed by atoms with Gasteiger partial charge < -0.3 is 15.0 Å². The van der Waals surface area contributed by atoms with Crippen LogP contribution in [-0.2, 0) is 4.74 Å². The maximum absolute atomic E-state index is 13.6. The molecule has 2 amide bonds. The van der Waals surface area contributed by atoms with E-state index < -0.39 is 6.55 Å². The molecule has 2 heterocycles. The lowest BCUT2D eigenvalue weighted by molar-refractivity contribution is 0.0564. The largest absolute Gasteiger partial charge is 0.378 e. The van der Waals surface area contributed by atoms with E-state index >= 15 is 0 Å². The van der Waals surface area contributed by atoms with Crippen LogP contribution in [0.3, 0.4) is 0 Å². The second-order valence-electron chi connectivity index (χ2n) is 6.18. The SMILES string of the molecule is O=C(Nc1ccc(-c2nc3ccccc3n2C(F)F)cc1)N1CCOCC1. The molecule has 0 aliphatic carbocycles. The quantitative estimate of drug-likeness (QED) is 0.757. The topological polar surface area (TPSA) is 59.4 Å². The fourth-order valence-electron chi connectivity index (χ4n) is 3.12. The second kappa shape index (κ2) is 7.32. The van der Waals surface area contributed by atoms with Gasteiger partial charge >= 0.3 is 12.6 Å². The number of benzene rings is 2. The number of nitrogens with zero attached hydrogens (tertiary/aromatic N) is 3. The van der Waals surface area contributed by atoms with Crippen molar-refractivity contribution in [1.82, 2.24) is 14.5 Å². The molecular weight excluding hydrogens is 354 g/mol. The Morgan fingerprint density at radius 2 is 1.78 bits per heavy atom. The number of halogens is 2. The van der Waals surface area contributed by atoms with Crippen molar-refractivity contribution in [2.24, 2.45) is 0 Å². The van der Waals surface area contributed by atoms with E-state index in [9.17, 15) is 13.6 Å². The number of carbonyl (C=O) groups is 1. The first kappa shape index (κ1) is 17.4. The number of imidazole rings is 1. The van der Waals surface area contributed by atoms with Gasteiger partial charge in [0.1, 0.15) is 5.82 Å². The van der Waals surface area contributed by atoms with E-state index in [1.807, 2.05) is 0 Å². The van der Waals surface area contributed by atoms with Gasteiger partial charge in [-0.1, -0.05) is 12.1 Å². The molecule has 1 saturated heterocycles. The Labute approximate surface area is 154 Å². The van der Waals surface area contributed by atoms with Gasteiger partial charge in [0.15, 0.2) is 0 Å². The highest BCUT2D eigenvalue weighted by Crippen LogP contribution is 2.30. The maximum Gasteiger partial charge on any atom is 0.321 e. The van der Waals surface area contributed by atoms with E-state index in [2.05, 4.69) is 10.3 Å². The van der Waals surface area contributed by atoms with Crippen molar-refractivity contribution in [1.29, 1.82) is 0 Å². The van der Waals surface area contributed by atoms with Gasteiger partial charge in [0, 0.05) is 24.3 Å². The smallest absolute Gasteiger partial charge is 0.321 e. The van der Waals surface area contributed by atoms with Gasteiger partial charge in [-0.05, 0) is 36.4 Å². The van der Waals surface area contributed by atoms with E-state index in [1.54, 1.807) is 53.4 Å². The molecule has 140 valence electrons. The van der Waals surface area contributed by atoms with Crippen molar-refractivity contribution >= 4 is 22.8 Å². The Hall–Kier alpha value is -3.00. The molecule has 1 aromatic heterocycles. The zero-order valence-electron chi connectivity index (χ0n) is 14.4. The summed E-state index contributed by atoms with van der Waals surface area (Å²) in [6.07, 6.45) is 0. The molecule has 1 aliphatic heterocycles. The number of ether oxygens (including phenoxy) is 1. The first-order chi connectivity index (χ1) is 13.1. The third kappa shape index (κ3) is 3.48. The average molecular weight is 372 g/mol. The van der Waals surface area contributed by atoms with Crippen LogP contribution >= 0.6 is 0 Å². The molecule has 6 nitrogen and oxygen atoms in total. The van der Waals surface area contributed by atoms with Gasteiger partial charge in [-0.25, -0.2) is 9.78 Å². The Kier molecular flexibility index (Phi) is 4.72. The number of rotatable bonds is 3. The van der Waals surface area contributed by atoms with Crippen LogP contribution in [0.15, 0.2) is 48.5 Å². The zero-order chi connectivity index (χ0) is 18.8. The van der Waals surface area contributed by atoms with Crippen molar-refractivity contribution < 1.29 is 18.3 Å². The third-order valence-electron chi connectivity index (χ3n) is 4.48. The van der Waals surface area contributed by atoms with Gasteiger partial charge in [0.25, 0.3) is 0 Å². The van der Waals surface area contributed by atoms with E-state index in [1.165, 1.54) is 0 Å². The summed E-state index contributed by atoms with van der Waals surface area (Å²) in [5.74, 6) is 0.192. The highest BCUT2D eigenvalue weighted by Gasteiger charge is 2.19. The van der Waals surface area contributed by atoms with Gasteiger partial charge in [0.05, 0.1) is 24.2 Å². The number of urea groups is 1. The molecule has 0 unspecified atom stereocenters. The number of morpholine rings is 1. The summed E-state index contributed by atoms with van der Waals surface area (Å²) in [4.78, 5) is 18.2. The molecule has 0 spiro atoms. The number of para-hydroxylation sites is 2. The number of fused-ring (bicyclic) bond motifs is 1. The van der Waals surface area contributed by atoms with Crippen molar-refractivity contribution in [3.8, 4) is 11.4 Å². The zero-order valence-corrected chi connectivity index (χ0v) is 14.4. The molecule has 2 aromatic carbocycles. The molecule has 27 heavy (non-hydrogen) atoms. The van der Waals surface area contributed by atoms with Crippen LogP contribution in [0.1, 0.15) is 6.55 Å². The number of hydrogen-bond acceptors (Lipinski definition) is 3. The van der Waals surface area contributed by atoms with Crippen LogP contribution in [0.25, 0.3) is 22.4 Å². The third-order valence-corrected chi connectivity index (χ3v) is 4.48. The normalized spacial score (nSPS) is 14.7. The van der Waals surface area contributed by atoms with E-state index in [-0.39, 0.29) is 11.9 Å². The fraction of sp³-hybridized carbons (Fsp3) is 0.263. The van der Waals surface area contributed by atoms with Gasteiger partial charge in [-0.2, -0.15) is 8.78 Å². The first-order valence-electron chi connectivity index (χ1n) is 8.63. The Bertz CT molecular complexity index is 950. The van der Waals surface area contributed by atoms with E-state index in [4.69, 9.17) is 4.74 Å². The molecule has 4 rings (SSSR count). The Morgan fingerprint density at radius 1 is 1.07 bits per heavy atom. The summed E-state index contributed by atoms with van der Waals surface area (Å²) in [7, 11) is 0. The Morgan fingerprint density at radius 3 is 2.48 bits per heavy atom. The number of amides is 2. The molecule has 1 fully saturated rings. The lowest BCUT2D eigenvalue weighted by Crippen LogP contribution is -2.43. The maximum atomic E-state index is 13.6. The number of hydrogen-bond donors (Lipinski definition) is 1. The lowest BCUT2D eigenvalue weighted by Gasteiger charge is -2.26.